The van der Waals surface area contributed by atoms with Crippen molar-refractivity contribution in [2.45, 2.75) is 34.5 Å². The molecule has 138 valence electrons. The van der Waals surface area contributed by atoms with E-state index in [2.05, 4.69) is 0 Å². The highest BCUT2D eigenvalue weighted by molar-refractivity contribution is 7.93. The first-order valence-electron chi connectivity index (χ1n) is 9.07. The van der Waals surface area contributed by atoms with Gasteiger partial charge in [-0.1, -0.05) is 78.9 Å². The standard InChI is InChI=1S/C23H22O3S/c24-23(20-12-6-2-7-13-20)17-22(18-23,16-19-10-4-1-5-11-19)27(25,26)21-14-8-3-9-15-21/h1-15,24H,16-18H2. The van der Waals surface area contributed by atoms with Crippen molar-refractivity contribution in [3.8, 4) is 0 Å². The molecule has 27 heavy (non-hydrogen) atoms. The molecular weight excluding hydrogens is 356 g/mol. The Hall–Kier alpha value is -2.43. The van der Waals surface area contributed by atoms with Gasteiger partial charge in [0, 0.05) is 12.8 Å². The van der Waals surface area contributed by atoms with Crippen molar-refractivity contribution in [1.29, 1.82) is 0 Å². The zero-order chi connectivity index (χ0) is 19.0. The van der Waals surface area contributed by atoms with Gasteiger partial charge in [-0.3, -0.25) is 0 Å². The Labute approximate surface area is 160 Å². The van der Waals surface area contributed by atoms with E-state index < -0.39 is 20.2 Å². The van der Waals surface area contributed by atoms with Gasteiger partial charge >= 0.3 is 0 Å². The number of benzene rings is 3. The molecule has 3 nitrogen and oxygen atoms in total. The molecule has 4 heteroatoms. The lowest BCUT2D eigenvalue weighted by atomic mass is 9.64. The maximum atomic E-state index is 13.5. The molecule has 0 saturated heterocycles. The Morgan fingerprint density at radius 3 is 1.78 bits per heavy atom. The third-order valence-electron chi connectivity index (χ3n) is 5.53. The summed E-state index contributed by atoms with van der Waals surface area (Å²) >= 11 is 0. The maximum Gasteiger partial charge on any atom is 0.184 e. The highest BCUT2D eigenvalue weighted by Crippen LogP contribution is 2.55. The molecule has 0 aromatic heterocycles. The molecule has 3 aromatic rings. The van der Waals surface area contributed by atoms with Crippen molar-refractivity contribution in [3.63, 3.8) is 0 Å². The Morgan fingerprint density at radius 2 is 1.22 bits per heavy atom. The van der Waals surface area contributed by atoms with Gasteiger partial charge in [-0.2, -0.15) is 0 Å². The van der Waals surface area contributed by atoms with E-state index in [1.165, 1.54) is 0 Å². The molecule has 1 fully saturated rings. The van der Waals surface area contributed by atoms with Crippen LogP contribution in [0.15, 0.2) is 95.9 Å². The van der Waals surface area contributed by atoms with Gasteiger partial charge in [0.15, 0.2) is 9.84 Å². The summed E-state index contributed by atoms with van der Waals surface area (Å²) in [5.41, 5.74) is 0.627. The summed E-state index contributed by atoms with van der Waals surface area (Å²) in [4.78, 5) is 0.316. The van der Waals surface area contributed by atoms with E-state index >= 15 is 0 Å². The minimum absolute atomic E-state index is 0.191. The van der Waals surface area contributed by atoms with Crippen molar-refractivity contribution in [2.75, 3.05) is 0 Å². The molecule has 0 bridgehead atoms. The minimum atomic E-state index is -3.60. The second kappa shape index (κ2) is 6.63. The molecule has 0 radical (unpaired) electrons. The van der Waals surface area contributed by atoms with Crippen LogP contribution in [0.25, 0.3) is 0 Å². The SMILES string of the molecule is O=S(=O)(c1ccccc1)C1(Cc2ccccc2)CC(O)(c2ccccc2)C1. The zero-order valence-corrected chi connectivity index (χ0v) is 15.8. The molecular formula is C23H22O3S. The van der Waals surface area contributed by atoms with Crippen molar-refractivity contribution >= 4 is 9.84 Å². The quantitative estimate of drug-likeness (QED) is 0.726. The summed E-state index contributed by atoms with van der Waals surface area (Å²) in [6, 6.07) is 27.6. The van der Waals surface area contributed by atoms with Gasteiger partial charge in [-0.15, -0.1) is 0 Å². The monoisotopic (exact) mass is 378 g/mol. The van der Waals surface area contributed by atoms with Gasteiger partial charge in [0.25, 0.3) is 0 Å². The topological polar surface area (TPSA) is 54.4 Å². The van der Waals surface area contributed by atoms with Gasteiger partial charge in [-0.05, 0) is 29.7 Å². The van der Waals surface area contributed by atoms with Gasteiger partial charge in [0.1, 0.15) is 0 Å². The van der Waals surface area contributed by atoms with E-state index in [0.717, 1.165) is 11.1 Å². The highest BCUT2D eigenvalue weighted by Gasteiger charge is 2.61. The summed E-state index contributed by atoms with van der Waals surface area (Å²) in [6.07, 6.45) is 0.770. The van der Waals surface area contributed by atoms with E-state index in [-0.39, 0.29) is 12.8 Å². The molecule has 1 saturated carbocycles. The van der Waals surface area contributed by atoms with Crippen LogP contribution in [0.4, 0.5) is 0 Å². The summed E-state index contributed by atoms with van der Waals surface area (Å²) < 4.78 is 26.1. The van der Waals surface area contributed by atoms with Gasteiger partial charge < -0.3 is 5.11 Å². The molecule has 4 rings (SSSR count). The summed E-state index contributed by atoms with van der Waals surface area (Å²) in [5, 5.41) is 11.1. The molecule has 0 amide bonds. The van der Waals surface area contributed by atoms with Crippen LogP contribution in [-0.4, -0.2) is 18.3 Å². The van der Waals surface area contributed by atoms with Crippen molar-refractivity contribution < 1.29 is 13.5 Å². The molecule has 0 atom stereocenters. The first-order chi connectivity index (χ1) is 13.0. The summed E-state index contributed by atoms with van der Waals surface area (Å²) in [6.45, 7) is 0. The molecule has 1 N–H and O–H groups in total. The number of hydrogen-bond donors (Lipinski definition) is 1. The van der Waals surface area contributed by atoms with Crippen molar-refractivity contribution in [3.05, 3.63) is 102 Å². The number of rotatable bonds is 5. The number of aliphatic hydroxyl groups is 1. The predicted octanol–water partition coefficient (Wildman–Crippen LogP) is 4.12. The van der Waals surface area contributed by atoms with Gasteiger partial charge in [0.2, 0.25) is 0 Å². The van der Waals surface area contributed by atoms with E-state index in [1.807, 2.05) is 66.7 Å². The lowest BCUT2D eigenvalue weighted by Crippen LogP contribution is -2.60. The fourth-order valence-corrected chi connectivity index (χ4v) is 6.42. The van der Waals surface area contributed by atoms with Crippen LogP contribution in [0.3, 0.4) is 0 Å². The van der Waals surface area contributed by atoms with Crippen LogP contribution in [0, 0.1) is 0 Å². The minimum Gasteiger partial charge on any atom is -0.385 e. The van der Waals surface area contributed by atoms with Crippen LogP contribution in [-0.2, 0) is 21.9 Å². The number of hydrogen-bond acceptors (Lipinski definition) is 3. The Kier molecular flexibility index (Phi) is 4.41. The maximum absolute atomic E-state index is 13.5. The predicted molar refractivity (Wildman–Crippen MR) is 106 cm³/mol. The van der Waals surface area contributed by atoms with Crippen LogP contribution < -0.4 is 0 Å². The Bertz CT molecular complexity index is 1010. The average Bonchev–Trinajstić information content (AvgIpc) is 2.68. The van der Waals surface area contributed by atoms with E-state index in [1.54, 1.807) is 24.3 Å². The molecule has 1 aliphatic carbocycles. The molecule has 0 unspecified atom stereocenters. The molecule has 0 aliphatic heterocycles. The number of sulfone groups is 1. The van der Waals surface area contributed by atoms with E-state index in [9.17, 15) is 13.5 Å². The molecule has 3 aromatic carbocycles. The van der Waals surface area contributed by atoms with Crippen LogP contribution >= 0.6 is 0 Å². The summed E-state index contributed by atoms with van der Waals surface area (Å²) in [5.74, 6) is 0. The lowest BCUT2D eigenvalue weighted by Gasteiger charge is -2.53. The smallest absolute Gasteiger partial charge is 0.184 e. The third kappa shape index (κ3) is 3.09. The fourth-order valence-electron chi connectivity index (χ4n) is 4.19. The van der Waals surface area contributed by atoms with Crippen LogP contribution in [0.5, 0.6) is 0 Å². The Morgan fingerprint density at radius 1 is 0.741 bits per heavy atom. The fraction of sp³-hybridized carbons (Fsp3) is 0.217. The van der Waals surface area contributed by atoms with Crippen LogP contribution in [0.1, 0.15) is 24.0 Å². The normalized spacial score (nSPS) is 24.9. The second-order valence-electron chi connectivity index (χ2n) is 7.41. The first kappa shape index (κ1) is 18.0. The molecule has 0 heterocycles. The molecule has 1 aliphatic rings. The van der Waals surface area contributed by atoms with E-state index in [0.29, 0.717) is 11.3 Å². The zero-order valence-electron chi connectivity index (χ0n) is 15.0. The molecule has 0 spiro atoms. The van der Waals surface area contributed by atoms with E-state index in [4.69, 9.17) is 0 Å². The summed E-state index contributed by atoms with van der Waals surface area (Å²) in [7, 11) is -3.60. The van der Waals surface area contributed by atoms with Crippen molar-refractivity contribution in [1.82, 2.24) is 0 Å². The van der Waals surface area contributed by atoms with Gasteiger partial charge in [-0.25, -0.2) is 8.42 Å². The lowest BCUT2D eigenvalue weighted by molar-refractivity contribution is -0.0675. The highest BCUT2D eigenvalue weighted by atomic mass is 32.2. The second-order valence-corrected chi connectivity index (χ2v) is 9.76. The van der Waals surface area contributed by atoms with Crippen molar-refractivity contribution in [2.24, 2.45) is 0 Å². The average molecular weight is 378 g/mol. The third-order valence-corrected chi connectivity index (χ3v) is 8.00. The largest absolute Gasteiger partial charge is 0.385 e. The first-order valence-corrected chi connectivity index (χ1v) is 10.6. The Balaban J connectivity index is 1.75. The van der Waals surface area contributed by atoms with Crippen LogP contribution in [0.2, 0.25) is 0 Å². The van der Waals surface area contributed by atoms with Gasteiger partial charge in [0.05, 0.1) is 15.2 Å².